The third kappa shape index (κ3) is 3.99. The Morgan fingerprint density at radius 3 is 2.67 bits per heavy atom. The van der Waals surface area contributed by atoms with E-state index in [1.807, 2.05) is 51.1 Å². The molecule has 0 aliphatic carbocycles. The Labute approximate surface area is 130 Å². The molecule has 0 spiro atoms. The van der Waals surface area contributed by atoms with Crippen molar-refractivity contribution in [3.8, 4) is 11.8 Å². The van der Waals surface area contributed by atoms with Crippen LogP contribution >= 0.6 is 11.8 Å². The van der Waals surface area contributed by atoms with Gasteiger partial charge in [-0.3, -0.25) is 0 Å². The van der Waals surface area contributed by atoms with Crippen LogP contribution in [0, 0.1) is 32.1 Å². The summed E-state index contributed by atoms with van der Waals surface area (Å²) in [6.45, 7) is 6.51. The summed E-state index contributed by atoms with van der Waals surface area (Å²) in [5.41, 5.74) is 3.72. The fraction of sp³-hybridized carbons (Fsp3) is 0.294. The Kier molecular flexibility index (Phi) is 5.24. The van der Waals surface area contributed by atoms with E-state index >= 15 is 0 Å². The van der Waals surface area contributed by atoms with Crippen molar-refractivity contribution in [2.45, 2.75) is 25.8 Å². The summed E-state index contributed by atoms with van der Waals surface area (Å²) < 4.78 is 5.76. The molecule has 1 heterocycles. The van der Waals surface area contributed by atoms with E-state index in [2.05, 4.69) is 11.1 Å². The molecule has 0 aliphatic heterocycles. The number of benzene rings is 1. The maximum absolute atomic E-state index is 9.23. The van der Waals surface area contributed by atoms with Crippen molar-refractivity contribution in [2.75, 3.05) is 12.4 Å². The normalized spacial score (nSPS) is 10.2. The lowest BCUT2D eigenvalue weighted by atomic mass is 10.1. The highest BCUT2D eigenvalue weighted by Crippen LogP contribution is 2.24. The molecule has 4 heteroatoms. The molecule has 0 radical (unpaired) electrons. The number of para-hydroxylation sites is 1. The van der Waals surface area contributed by atoms with E-state index in [1.165, 1.54) is 0 Å². The van der Waals surface area contributed by atoms with Gasteiger partial charge in [0.2, 0.25) is 0 Å². The number of pyridine rings is 1. The van der Waals surface area contributed by atoms with Crippen molar-refractivity contribution < 1.29 is 4.74 Å². The first-order valence-electron chi connectivity index (χ1n) is 6.81. The van der Waals surface area contributed by atoms with Crippen molar-refractivity contribution >= 4 is 11.8 Å². The van der Waals surface area contributed by atoms with Crippen LogP contribution in [0.25, 0.3) is 0 Å². The highest BCUT2D eigenvalue weighted by atomic mass is 32.2. The lowest BCUT2D eigenvalue weighted by Crippen LogP contribution is -2.03. The molecule has 0 aliphatic rings. The first-order chi connectivity index (χ1) is 10.1. The van der Waals surface area contributed by atoms with Crippen LogP contribution in [0.3, 0.4) is 0 Å². The number of nitriles is 1. The number of rotatable bonds is 5. The lowest BCUT2D eigenvalue weighted by Gasteiger charge is -2.10. The standard InChI is InChI=1S/C17H18N2OS/c1-12-6-4-5-7-16(12)20-8-9-21-17-15(11-18)13(2)10-14(3)19-17/h4-7,10H,8-9H2,1-3H3. The second kappa shape index (κ2) is 7.14. The highest BCUT2D eigenvalue weighted by molar-refractivity contribution is 7.99. The zero-order valence-electron chi connectivity index (χ0n) is 12.5. The number of hydrogen-bond donors (Lipinski definition) is 0. The van der Waals surface area contributed by atoms with Crippen molar-refractivity contribution in [1.82, 2.24) is 4.98 Å². The molecule has 1 aromatic carbocycles. The summed E-state index contributed by atoms with van der Waals surface area (Å²) in [6, 6.07) is 12.1. The second-order valence-corrected chi connectivity index (χ2v) is 5.92. The zero-order chi connectivity index (χ0) is 15.2. The van der Waals surface area contributed by atoms with E-state index in [-0.39, 0.29) is 0 Å². The summed E-state index contributed by atoms with van der Waals surface area (Å²) in [7, 11) is 0. The highest BCUT2D eigenvalue weighted by Gasteiger charge is 2.09. The molecule has 0 fully saturated rings. The van der Waals surface area contributed by atoms with Gasteiger partial charge in [-0.1, -0.05) is 18.2 Å². The average Bonchev–Trinajstić information content (AvgIpc) is 2.45. The maximum Gasteiger partial charge on any atom is 0.122 e. The second-order valence-electron chi connectivity index (χ2n) is 4.83. The average molecular weight is 298 g/mol. The Morgan fingerprint density at radius 1 is 1.19 bits per heavy atom. The summed E-state index contributed by atoms with van der Waals surface area (Å²) in [4.78, 5) is 4.45. The van der Waals surface area contributed by atoms with Crippen molar-refractivity contribution in [2.24, 2.45) is 0 Å². The van der Waals surface area contributed by atoms with E-state index in [9.17, 15) is 5.26 Å². The predicted octanol–water partition coefficient (Wildman–Crippen LogP) is 4.05. The van der Waals surface area contributed by atoms with E-state index in [0.29, 0.717) is 12.2 Å². The molecule has 0 saturated carbocycles. The smallest absolute Gasteiger partial charge is 0.122 e. The largest absolute Gasteiger partial charge is 0.492 e. The number of nitrogens with zero attached hydrogens (tertiary/aromatic N) is 2. The van der Waals surface area contributed by atoms with Gasteiger partial charge < -0.3 is 4.74 Å². The van der Waals surface area contributed by atoms with E-state index < -0.39 is 0 Å². The van der Waals surface area contributed by atoms with Gasteiger partial charge in [-0.15, -0.1) is 11.8 Å². The quantitative estimate of drug-likeness (QED) is 0.617. The third-order valence-electron chi connectivity index (χ3n) is 3.10. The molecule has 0 saturated heterocycles. The van der Waals surface area contributed by atoms with Gasteiger partial charge in [-0.2, -0.15) is 5.26 Å². The molecule has 0 bridgehead atoms. The van der Waals surface area contributed by atoms with Crippen LogP contribution in [-0.2, 0) is 0 Å². The van der Waals surface area contributed by atoms with Gasteiger partial charge in [-0.25, -0.2) is 4.98 Å². The first kappa shape index (κ1) is 15.4. The number of hydrogen-bond acceptors (Lipinski definition) is 4. The molecular weight excluding hydrogens is 280 g/mol. The van der Waals surface area contributed by atoms with Crippen molar-refractivity contribution in [1.29, 1.82) is 5.26 Å². The fourth-order valence-corrected chi connectivity index (χ4v) is 2.97. The van der Waals surface area contributed by atoms with Gasteiger partial charge in [0.15, 0.2) is 0 Å². The topological polar surface area (TPSA) is 45.9 Å². The van der Waals surface area contributed by atoms with Crippen molar-refractivity contribution in [3.05, 3.63) is 52.7 Å². The summed E-state index contributed by atoms with van der Waals surface area (Å²) >= 11 is 1.57. The fourth-order valence-electron chi connectivity index (χ4n) is 2.05. The number of aromatic nitrogens is 1. The first-order valence-corrected chi connectivity index (χ1v) is 7.80. The van der Waals surface area contributed by atoms with E-state index in [1.54, 1.807) is 11.8 Å². The SMILES string of the molecule is Cc1cc(C)c(C#N)c(SCCOc2ccccc2C)n1. The van der Waals surface area contributed by atoms with Crippen LogP contribution < -0.4 is 4.74 Å². The van der Waals surface area contributed by atoms with Crippen LogP contribution in [0.1, 0.15) is 22.4 Å². The van der Waals surface area contributed by atoms with Crippen LogP contribution in [0.2, 0.25) is 0 Å². The Balaban J connectivity index is 1.96. The zero-order valence-corrected chi connectivity index (χ0v) is 13.3. The number of aryl methyl sites for hydroxylation is 3. The molecule has 2 rings (SSSR count). The van der Waals surface area contributed by atoms with E-state index in [0.717, 1.165) is 33.3 Å². The van der Waals surface area contributed by atoms with Crippen LogP contribution in [-0.4, -0.2) is 17.3 Å². The number of ether oxygens (including phenoxy) is 1. The Bertz CT molecular complexity index is 677. The predicted molar refractivity (Wildman–Crippen MR) is 85.8 cm³/mol. The molecule has 21 heavy (non-hydrogen) atoms. The van der Waals surface area contributed by atoms with Gasteiger partial charge in [0.05, 0.1) is 12.2 Å². The monoisotopic (exact) mass is 298 g/mol. The third-order valence-corrected chi connectivity index (χ3v) is 4.04. The minimum absolute atomic E-state index is 0.592. The molecule has 3 nitrogen and oxygen atoms in total. The Hall–Kier alpha value is -1.99. The van der Waals surface area contributed by atoms with Crippen LogP contribution in [0.4, 0.5) is 0 Å². The van der Waals surface area contributed by atoms with Gasteiger partial charge in [-0.05, 0) is 44.0 Å². The van der Waals surface area contributed by atoms with Gasteiger partial charge in [0.1, 0.15) is 16.8 Å². The van der Waals surface area contributed by atoms with Gasteiger partial charge in [0, 0.05) is 11.4 Å². The van der Waals surface area contributed by atoms with Gasteiger partial charge >= 0.3 is 0 Å². The minimum atomic E-state index is 0.592. The molecular formula is C17H18N2OS. The van der Waals surface area contributed by atoms with E-state index in [4.69, 9.17) is 4.74 Å². The summed E-state index contributed by atoms with van der Waals surface area (Å²) in [5.74, 6) is 1.67. The van der Waals surface area contributed by atoms with Gasteiger partial charge in [0.25, 0.3) is 0 Å². The molecule has 2 aromatic rings. The molecule has 108 valence electrons. The number of thioether (sulfide) groups is 1. The molecule has 0 atom stereocenters. The van der Waals surface area contributed by atoms with Crippen molar-refractivity contribution in [3.63, 3.8) is 0 Å². The molecule has 0 N–H and O–H groups in total. The molecule has 0 unspecified atom stereocenters. The van der Waals surface area contributed by atoms with Crippen LogP contribution in [0.15, 0.2) is 35.4 Å². The summed E-state index contributed by atoms with van der Waals surface area (Å²) in [6.07, 6.45) is 0. The molecule has 0 amide bonds. The molecule has 1 aromatic heterocycles. The lowest BCUT2D eigenvalue weighted by molar-refractivity contribution is 0.341. The minimum Gasteiger partial charge on any atom is -0.492 e. The maximum atomic E-state index is 9.23. The summed E-state index contributed by atoms with van der Waals surface area (Å²) in [5, 5.41) is 10.0. The Morgan fingerprint density at radius 2 is 1.95 bits per heavy atom. The van der Waals surface area contributed by atoms with Crippen LogP contribution in [0.5, 0.6) is 5.75 Å².